The Labute approximate surface area is 158 Å². The number of carbonyl (C=O) groups excluding carboxylic acids is 2. The van der Waals surface area contributed by atoms with Crippen molar-refractivity contribution < 1.29 is 28.5 Å². The van der Waals surface area contributed by atoms with Crippen molar-refractivity contribution in [1.82, 2.24) is 0 Å². The van der Waals surface area contributed by atoms with E-state index in [9.17, 15) is 9.59 Å². The molecule has 6 heteroatoms. The van der Waals surface area contributed by atoms with E-state index in [2.05, 4.69) is 0 Å². The van der Waals surface area contributed by atoms with Gasteiger partial charge in [-0.2, -0.15) is 0 Å². The van der Waals surface area contributed by atoms with Gasteiger partial charge in [0.25, 0.3) is 5.60 Å². The highest BCUT2D eigenvalue weighted by Gasteiger charge is 2.64. The largest absolute Gasteiger partial charge is 0.466 e. The smallest absolute Gasteiger partial charge is 0.353 e. The summed E-state index contributed by atoms with van der Waals surface area (Å²) in [6.45, 7) is 3.90. The second kappa shape index (κ2) is 7.50. The number of hydrogen-bond acceptors (Lipinski definition) is 6. The van der Waals surface area contributed by atoms with Crippen LogP contribution in [0.4, 0.5) is 0 Å². The number of aryl methyl sites for hydroxylation is 2. The molecule has 0 unspecified atom stereocenters. The maximum absolute atomic E-state index is 12.7. The fraction of sp³-hybridized carbons (Fsp3) is 0.333. The number of carbonyl (C=O) groups is 2. The summed E-state index contributed by atoms with van der Waals surface area (Å²) < 4.78 is 21.7. The third-order valence-corrected chi connectivity index (χ3v) is 4.63. The average molecular weight is 370 g/mol. The summed E-state index contributed by atoms with van der Waals surface area (Å²) in [5.74, 6) is -1.73. The Morgan fingerprint density at radius 2 is 1.26 bits per heavy atom. The molecule has 6 nitrogen and oxygen atoms in total. The number of esters is 2. The van der Waals surface area contributed by atoms with Crippen molar-refractivity contribution in [2.75, 3.05) is 14.2 Å². The Bertz CT molecular complexity index is 809. The Kier molecular flexibility index (Phi) is 5.30. The molecule has 1 fully saturated rings. The molecule has 0 N–H and O–H groups in total. The van der Waals surface area contributed by atoms with Gasteiger partial charge in [-0.05, 0) is 19.4 Å². The maximum atomic E-state index is 12.7. The van der Waals surface area contributed by atoms with Crippen molar-refractivity contribution in [3.63, 3.8) is 0 Å². The van der Waals surface area contributed by atoms with Crippen LogP contribution in [0.1, 0.15) is 34.6 Å². The minimum absolute atomic E-state index is 0.617. The van der Waals surface area contributed by atoms with Crippen LogP contribution in [0.25, 0.3) is 0 Å². The fourth-order valence-electron chi connectivity index (χ4n) is 3.10. The van der Waals surface area contributed by atoms with Gasteiger partial charge in [0.2, 0.25) is 0 Å². The number of ether oxygens (including phenoxy) is 4. The second-order valence-electron chi connectivity index (χ2n) is 6.51. The SMILES string of the molecule is COC(=O)C1(C(=O)OC)O[C@@H](c2ccc(C)cc2)O[C@@H]1c1ccc(C)cc1. The van der Waals surface area contributed by atoms with Gasteiger partial charge < -0.3 is 18.9 Å². The molecule has 2 aromatic rings. The lowest BCUT2D eigenvalue weighted by molar-refractivity contribution is -0.188. The molecule has 0 aliphatic carbocycles. The molecule has 1 aliphatic heterocycles. The van der Waals surface area contributed by atoms with Crippen molar-refractivity contribution >= 4 is 11.9 Å². The highest BCUT2D eigenvalue weighted by Crippen LogP contribution is 2.48. The molecule has 0 bridgehead atoms. The third kappa shape index (κ3) is 3.34. The van der Waals surface area contributed by atoms with Crippen molar-refractivity contribution in [3.05, 3.63) is 70.8 Å². The van der Waals surface area contributed by atoms with Crippen LogP contribution < -0.4 is 0 Å². The Hall–Kier alpha value is -2.70. The molecular formula is C21H22O6. The minimum atomic E-state index is -2.05. The van der Waals surface area contributed by atoms with E-state index in [0.29, 0.717) is 11.1 Å². The number of hydrogen-bond donors (Lipinski definition) is 0. The first kappa shape index (κ1) is 19.1. The van der Waals surface area contributed by atoms with E-state index in [0.717, 1.165) is 11.1 Å². The molecule has 1 aliphatic rings. The summed E-state index contributed by atoms with van der Waals surface area (Å²) >= 11 is 0. The average Bonchev–Trinajstić information content (AvgIpc) is 3.09. The molecule has 2 atom stereocenters. The lowest BCUT2D eigenvalue weighted by Crippen LogP contribution is -2.52. The molecule has 0 amide bonds. The first-order chi connectivity index (χ1) is 12.9. The molecule has 0 aromatic heterocycles. The monoisotopic (exact) mass is 370 g/mol. The van der Waals surface area contributed by atoms with Crippen LogP contribution in [0.3, 0.4) is 0 Å². The maximum Gasteiger partial charge on any atom is 0.353 e. The first-order valence-corrected chi connectivity index (χ1v) is 8.55. The lowest BCUT2D eigenvalue weighted by atomic mass is 9.90. The van der Waals surface area contributed by atoms with Crippen LogP contribution in [0.15, 0.2) is 48.5 Å². The number of methoxy groups -OCH3 is 2. The molecule has 0 radical (unpaired) electrons. The van der Waals surface area contributed by atoms with Gasteiger partial charge in [-0.15, -0.1) is 0 Å². The number of rotatable bonds is 4. The van der Waals surface area contributed by atoms with Crippen molar-refractivity contribution in [2.24, 2.45) is 0 Å². The molecule has 142 valence electrons. The third-order valence-electron chi connectivity index (χ3n) is 4.63. The zero-order chi connectivity index (χ0) is 19.6. The van der Waals surface area contributed by atoms with Gasteiger partial charge in [0.1, 0.15) is 6.10 Å². The molecule has 1 heterocycles. The van der Waals surface area contributed by atoms with Crippen LogP contribution in [-0.2, 0) is 28.5 Å². The summed E-state index contributed by atoms with van der Waals surface area (Å²) in [5.41, 5.74) is 1.36. The van der Waals surface area contributed by atoms with Gasteiger partial charge in [0, 0.05) is 5.56 Å². The van der Waals surface area contributed by atoms with Gasteiger partial charge in [0.15, 0.2) is 6.29 Å². The first-order valence-electron chi connectivity index (χ1n) is 8.55. The lowest BCUT2D eigenvalue weighted by Gasteiger charge is -2.27. The van der Waals surface area contributed by atoms with Gasteiger partial charge in [-0.3, -0.25) is 0 Å². The summed E-state index contributed by atoms with van der Waals surface area (Å²) in [4.78, 5) is 25.4. The van der Waals surface area contributed by atoms with Crippen molar-refractivity contribution in [3.8, 4) is 0 Å². The van der Waals surface area contributed by atoms with E-state index in [1.807, 2.05) is 50.2 Å². The summed E-state index contributed by atoms with van der Waals surface area (Å²) in [7, 11) is 2.39. The Morgan fingerprint density at radius 3 is 1.70 bits per heavy atom. The highest BCUT2D eigenvalue weighted by atomic mass is 16.8. The van der Waals surface area contributed by atoms with Crippen molar-refractivity contribution in [2.45, 2.75) is 31.8 Å². The van der Waals surface area contributed by atoms with Crippen LogP contribution in [0.5, 0.6) is 0 Å². The van der Waals surface area contributed by atoms with Crippen molar-refractivity contribution in [1.29, 1.82) is 0 Å². The zero-order valence-corrected chi connectivity index (χ0v) is 15.7. The van der Waals surface area contributed by atoms with Crippen LogP contribution in [-0.4, -0.2) is 31.8 Å². The molecule has 3 rings (SSSR count). The molecule has 27 heavy (non-hydrogen) atoms. The predicted octanol–water partition coefficient (Wildman–Crippen LogP) is 3.17. The standard InChI is InChI=1S/C21H22O6/c1-13-5-9-15(10-6-13)17-21(19(22)24-3,20(23)25-4)27-18(26-17)16-11-7-14(2)8-12-16/h5-12,17-18H,1-4H3/t17-,18+/m1/s1. The normalized spacial score (nSPS) is 20.9. The van der Waals surface area contributed by atoms with E-state index in [1.54, 1.807) is 12.1 Å². The topological polar surface area (TPSA) is 71.1 Å². The highest BCUT2D eigenvalue weighted by molar-refractivity contribution is 6.05. The molecule has 0 spiro atoms. The van der Waals surface area contributed by atoms with Gasteiger partial charge in [-0.1, -0.05) is 59.7 Å². The summed E-state index contributed by atoms with van der Waals surface area (Å²) in [6.07, 6.45) is -1.93. The molecule has 2 aromatic carbocycles. The van der Waals surface area contributed by atoms with E-state index in [4.69, 9.17) is 18.9 Å². The fourth-order valence-corrected chi connectivity index (χ4v) is 3.10. The van der Waals surface area contributed by atoms with E-state index in [-0.39, 0.29) is 0 Å². The molecular weight excluding hydrogens is 348 g/mol. The quantitative estimate of drug-likeness (QED) is 0.608. The van der Waals surface area contributed by atoms with E-state index in [1.165, 1.54) is 14.2 Å². The number of benzene rings is 2. The summed E-state index contributed by atoms with van der Waals surface area (Å²) in [6, 6.07) is 14.8. The van der Waals surface area contributed by atoms with Gasteiger partial charge in [-0.25, -0.2) is 9.59 Å². The Morgan fingerprint density at radius 1 is 0.815 bits per heavy atom. The second-order valence-corrected chi connectivity index (χ2v) is 6.51. The van der Waals surface area contributed by atoms with E-state index < -0.39 is 29.9 Å². The Balaban J connectivity index is 2.10. The predicted molar refractivity (Wildman–Crippen MR) is 96.8 cm³/mol. The van der Waals surface area contributed by atoms with Crippen LogP contribution >= 0.6 is 0 Å². The van der Waals surface area contributed by atoms with E-state index >= 15 is 0 Å². The van der Waals surface area contributed by atoms with Crippen LogP contribution in [0, 0.1) is 13.8 Å². The summed E-state index contributed by atoms with van der Waals surface area (Å²) in [5, 5.41) is 0. The van der Waals surface area contributed by atoms with Gasteiger partial charge >= 0.3 is 11.9 Å². The molecule has 0 saturated carbocycles. The zero-order valence-electron chi connectivity index (χ0n) is 15.7. The van der Waals surface area contributed by atoms with Crippen LogP contribution in [0.2, 0.25) is 0 Å². The van der Waals surface area contributed by atoms with Gasteiger partial charge in [0.05, 0.1) is 14.2 Å². The minimum Gasteiger partial charge on any atom is -0.466 e. The molecule has 1 saturated heterocycles.